The van der Waals surface area contributed by atoms with Crippen molar-refractivity contribution in [2.45, 2.75) is 12.8 Å². The van der Waals surface area contributed by atoms with Crippen molar-refractivity contribution in [1.82, 2.24) is 10.2 Å². The van der Waals surface area contributed by atoms with Gasteiger partial charge in [0.25, 0.3) is 5.91 Å². The predicted molar refractivity (Wildman–Crippen MR) is 97.1 cm³/mol. The number of aryl methyl sites for hydroxylation is 1. The molecule has 1 amide bonds. The molecule has 0 saturated carbocycles. The second-order valence-corrected chi connectivity index (χ2v) is 6.10. The van der Waals surface area contributed by atoms with E-state index < -0.39 is 0 Å². The molecule has 0 saturated heterocycles. The second-order valence-electron chi connectivity index (χ2n) is 6.10. The lowest BCUT2D eigenvalue weighted by molar-refractivity contribution is 0.102. The molecular weight excluding hydrogens is 328 g/mol. The van der Waals surface area contributed by atoms with Crippen LogP contribution in [0, 0.1) is 11.3 Å². The lowest BCUT2D eigenvalue weighted by Gasteiger charge is -2.17. The van der Waals surface area contributed by atoms with Crippen molar-refractivity contribution < 1.29 is 9.53 Å². The fraction of sp³-hybridized carbons (Fsp3) is 0.150. The number of nitrogens with zero attached hydrogens (tertiary/aromatic N) is 2. The van der Waals surface area contributed by atoms with Crippen LogP contribution in [0.15, 0.2) is 42.5 Å². The van der Waals surface area contributed by atoms with Crippen molar-refractivity contribution in [3.8, 4) is 23.1 Å². The third-order valence-corrected chi connectivity index (χ3v) is 4.56. The van der Waals surface area contributed by atoms with Gasteiger partial charge >= 0.3 is 0 Å². The molecule has 1 heterocycles. The molecule has 0 atom stereocenters. The number of methoxy groups -OCH3 is 1. The molecule has 128 valence electrons. The average molecular weight is 344 g/mol. The summed E-state index contributed by atoms with van der Waals surface area (Å²) >= 11 is 0. The van der Waals surface area contributed by atoms with Crippen LogP contribution in [-0.2, 0) is 12.8 Å². The summed E-state index contributed by atoms with van der Waals surface area (Å²) in [7, 11) is 1.65. The molecule has 1 aliphatic rings. The number of fused-ring (bicyclic) bond motifs is 3. The van der Waals surface area contributed by atoms with E-state index in [0.717, 1.165) is 41.0 Å². The number of ether oxygens (including phenoxy) is 1. The smallest absolute Gasteiger partial charge is 0.273 e. The number of H-pyrrole nitrogens is 1. The third kappa shape index (κ3) is 2.70. The lowest BCUT2D eigenvalue weighted by atomic mass is 9.89. The van der Waals surface area contributed by atoms with Gasteiger partial charge in [0.2, 0.25) is 0 Å². The highest BCUT2D eigenvalue weighted by molar-refractivity contribution is 6.05. The Morgan fingerprint density at radius 2 is 2.15 bits per heavy atom. The molecule has 0 unspecified atom stereocenters. The summed E-state index contributed by atoms with van der Waals surface area (Å²) in [6, 6.07) is 14.8. The van der Waals surface area contributed by atoms with Crippen LogP contribution in [0.3, 0.4) is 0 Å². The zero-order valence-corrected chi connectivity index (χ0v) is 14.2. The number of rotatable bonds is 3. The number of hydrogen-bond donors (Lipinski definition) is 2. The summed E-state index contributed by atoms with van der Waals surface area (Å²) in [5.74, 6) is 0.559. The maximum atomic E-state index is 12.7. The molecule has 26 heavy (non-hydrogen) atoms. The van der Waals surface area contributed by atoms with Gasteiger partial charge in [0.1, 0.15) is 11.4 Å². The fourth-order valence-electron chi connectivity index (χ4n) is 3.27. The molecule has 2 N–H and O–H groups in total. The molecule has 3 aromatic rings. The van der Waals surface area contributed by atoms with Crippen LogP contribution in [-0.4, -0.2) is 23.2 Å². The van der Waals surface area contributed by atoms with Gasteiger partial charge in [-0.1, -0.05) is 6.07 Å². The highest BCUT2D eigenvalue weighted by atomic mass is 16.5. The Labute approximate surface area is 150 Å². The average Bonchev–Trinajstić information content (AvgIpc) is 3.12. The number of aromatic amines is 1. The van der Waals surface area contributed by atoms with Crippen LogP contribution in [0.25, 0.3) is 11.3 Å². The van der Waals surface area contributed by atoms with Crippen molar-refractivity contribution in [2.24, 2.45) is 0 Å². The van der Waals surface area contributed by atoms with Crippen molar-refractivity contribution in [2.75, 3.05) is 12.4 Å². The van der Waals surface area contributed by atoms with E-state index in [1.807, 2.05) is 18.2 Å². The van der Waals surface area contributed by atoms with Crippen molar-refractivity contribution in [1.29, 1.82) is 5.26 Å². The highest BCUT2D eigenvalue weighted by Crippen LogP contribution is 2.35. The third-order valence-electron chi connectivity index (χ3n) is 4.56. The summed E-state index contributed by atoms with van der Waals surface area (Å²) < 4.78 is 5.28. The van der Waals surface area contributed by atoms with E-state index in [2.05, 4.69) is 21.6 Å². The fourth-order valence-corrected chi connectivity index (χ4v) is 3.27. The first-order valence-corrected chi connectivity index (χ1v) is 8.25. The number of nitrogens with one attached hydrogen (secondary N) is 2. The zero-order valence-electron chi connectivity index (χ0n) is 14.2. The summed E-state index contributed by atoms with van der Waals surface area (Å²) in [5.41, 5.74) is 5.45. The highest BCUT2D eigenvalue weighted by Gasteiger charge is 2.25. The van der Waals surface area contributed by atoms with Gasteiger partial charge in [-0.3, -0.25) is 9.89 Å². The van der Waals surface area contributed by atoms with Gasteiger partial charge < -0.3 is 10.1 Å². The summed E-state index contributed by atoms with van der Waals surface area (Å²) in [6.07, 6.45) is 1.55. The Bertz CT molecular complexity index is 1050. The summed E-state index contributed by atoms with van der Waals surface area (Å²) in [6.45, 7) is 0. The van der Waals surface area contributed by atoms with E-state index >= 15 is 0 Å². The first kappa shape index (κ1) is 15.9. The molecule has 0 aliphatic heterocycles. The molecule has 6 heteroatoms. The van der Waals surface area contributed by atoms with Gasteiger partial charge in [-0.15, -0.1) is 0 Å². The van der Waals surface area contributed by atoms with E-state index in [9.17, 15) is 4.79 Å². The van der Waals surface area contributed by atoms with Gasteiger partial charge in [0.15, 0.2) is 0 Å². The van der Waals surface area contributed by atoms with Crippen LogP contribution in [0.5, 0.6) is 5.75 Å². The van der Waals surface area contributed by atoms with Crippen molar-refractivity contribution in [3.05, 3.63) is 64.8 Å². The van der Waals surface area contributed by atoms with Crippen LogP contribution < -0.4 is 10.1 Å². The Hall–Kier alpha value is -3.59. The number of amides is 1. The standard InChI is InChI=1S/C20H16N4O2/c1-26-15-6-8-16-13(10-15)5-7-17-18(16)23-24-19(17)20(25)22-14-4-2-3-12(9-14)11-21/h2-4,6,8-10H,5,7H2,1H3,(H,22,25)(H,23,24). The van der Waals surface area contributed by atoms with Gasteiger partial charge in [0.05, 0.1) is 24.4 Å². The maximum absolute atomic E-state index is 12.7. The monoisotopic (exact) mass is 344 g/mol. The molecule has 0 radical (unpaired) electrons. The first-order chi connectivity index (χ1) is 12.7. The minimum Gasteiger partial charge on any atom is -0.497 e. The quantitative estimate of drug-likeness (QED) is 0.762. The minimum atomic E-state index is -0.259. The molecule has 4 rings (SSSR count). The molecule has 1 aliphatic carbocycles. The van der Waals surface area contributed by atoms with Gasteiger partial charge in [-0.2, -0.15) is 10.4 Å². The van der Waals surface area contributed by atoms with Gasteiger partial charge in [-0.05, 0) is 54.8 Å². The molecule has 0 bridgehead atoms. The SMILES string of the molecule is COc1ccc2c(c1)CCc1c-2n[nH]c1C(=O)Nc1cccc(C#N)c1. The Balaban J connectivity index is 1.64. The zero-order chi connectivity index (χ0) is 18.1. The van der Waals surface area contributed by atoms with E-state index in [1.165, 1.54) is 0 Å². The Morgan fingerprint density at radius 3 is 2.96 bits per heavy atom. The summed E-state index contributed by atoms with van der Waals surface area (Å²) in [5, 5.41) is 19.1. The number of nitriles is 1. The molecule has 6 nitrogen and oxygen atoms in total. The summed E-state index contributed by atoms with van der Waals surface area (Å²) in [4.78, 5) is 12.7. The number of aromatic nitrogens is 2. The lowest BCUT2D eigenvalue weighted by Crippen LogP contribution is -2.16. The minimum absolute atomic E-state index is 0.259. The number of benzene rings is 2. The molecule has 0 fully saturated rings. The van der Waals surface area contributed by atoms with E-state index in [4.69, 9.17) is 10.00 Å². The molecule has 1 aromatic heterocycles. The van der Waals surface area contributed by atoms with Crippen LogP contribution >= 0.6 is 0 Å². The Morgan fingerprint density at radius 1 is 1.27 bits per heavy atom. The first-order valence-electron chi connectivity index (χ1n) is 8.25. The number of anilines is 1. The molecule has 2 aromatic carbocycles. The Kier molecular flexibility index (Phi) is 3.90. The topological polar surface area (TPSA) is 90.8 Å². The number of carbonyl (C=O) groups excluding carboxylic acids is 1. The van der Waals surface area contributed by atoms with Gasteiger partial charge in [-0.25, -0.2) is 0 Å². The number of carbonyl (C=O) groups is 1. The second kappa shape index (κ2) is 6.37. The van der Waals surface area contributed by atoms with Crippen molar-refractivity contribution >= 4 is 11.6 Å². The van der Waals surface area contributed by atoms with E-state index in [-0.39, 0.29) is 5.91 Å². The molecular formula is C20H16N4O2. The van der Waals surface area contributed by atoms with E-state index in [1.54, 1.807) is 31.4 Å². The van der Waals surface area contributed by atoms with Crippen LogP contribution in [0.4, 0.5) is 5.69 Å². The van der Waals surface area contributed by atoms with Crippen molar-refractivity contribution in [3.63, 3.8) is 0 Å². The van der Waals surface area contributed by atoms with Crippen LogP contribution in [0.1, 0.15) is 27.2 Å². The normalized spacial score (nSPS) is 11.8. The largest absolute Gasteiger partial charge is 0.497 e. The molecule has 0 spiro atoms. The van der Waals surface area contributed by atoms with Crippen LogP contribution in [0.2, 0.25) is 0 Å². The predicted octanol–water partition coefficient (Wildman–Crippen LogP) is 3.31. The van der Waals surface area contributed by atoms with E-state index in [0.29, 0.717) is 16.9 Å². The van der Waals surface area contributed by atoms with Gasteiger partial charge in [0, 0.05) is 16.8 Å². The maximum Gasteiger partial charge on any atom is 0.273 e. The number of hydrogen-bond acceptors (Lipinski definition) is 4.